The summed E-state index contributed by atoms with van der Waals surface area (Å²) in [6, 6.07) is 5.73. The SMILES string of the molecule is CN(C)C(=O)Sc1ccc(Br)c(Br)c1. The first-order chi connectivity index (χ1) is 6.50. The lowest BCUT2D eigenvalue weighted by Crippen LogP contribution is -2.15. The van der Waals surface area contributed by atoms with Crippen LogP contribution in [0.3, 0.4) is 0 Å². The van der Waals surface area contributed by atoms with Crippen LogP contribution in [0.4, 0.5) is 4.79 Å². The number of carbonyl (C=O) groups excluding carboxylic acids is 1. The van der Waals surface area contributed by atoms with Gasteiger partial charge in [0.05, 0.1) is 0 Å². The lowest BCUT2D eigenvalue weighted by molar-refractivity contribution is 0.241. The van der Waals surface area contributed by atoms with Crippen molar-refractivity contribution < 1.29 is 4.79 Å². The Balaban J connectivity index is 2.78. The van der Waals surface area contributed by atoms with E-state index in [1.165, 1.54) is 11.8 Å². The third-order valence-corrected chi connectivity index (χ3v) is 4.37. The van der Waals surface area contributed by atoms with E-state index in [2.05, 4.69) is 31.9 Å². The van der Waals surface area contributed by atoms with Crippen molar-refractivity contribution in [2.75, 3.05) is 14.1 Å². The normalized spacial score (nSPS) is 10.0. The minimum absolute atomic E-state index is 0.0271. The van der Waals surface area contributed by atoms with E-state index in [1.54, 1.807) is 19.0 Å². The fourth-order valence-electron chi connectivity index (χ4n) is 0.732. The maximum absolute atomic E-state index is 11.4. The molecule has 5 heteroatoms. The minimum Gasteiger partial charge on any atom is -0.339 e. The van der Waals surface area contributed by atoms with E-state index in [0.29, 0.717) is 0 Å². The van der Waals surface area contributed by atoms with Crippen molar-refractivity contribution in [1.29, 1.82) is 0 Å². The molecule has 2 nitrogen and oxygen atoms in total. The van der Waals surface area contributed by atoms with Crippen LogP contribution in [0.15, 0.2) is 32.0 Å². The molecule has 0 atom stereocenters. The molecule has 0 aliphatic heterocycles. The number of halogens is 2. The Labute approximate surface area is 104 Å². The molecule has 0 saturated heterocycles. The number of hydrogen-bond donors (Lipinski definition) is 0. The van der Waals surface area contributed by atoms with Gasteiger partial charge in [-0.05, 0) is 61.8 Å². The van der Waals surface area contributed by atoms with Gasteiger partial charge >= 0.3 is 0 Å². The topological polar surface area (TPSA) is 20.3 Å². The summed E-state index contributed by atoms with van der Waals surface area (Å²) in [5.41, 5.74) is 0. The molecular weight excluding hydrogens is 330 g/mol. The first kappa shape index (κ1) is 12.1. The van der Waals surface area contributed by atoms with Gasteiger partial charge in [0, 0.05) is 27.9 Å². The summed E-state index contributed by atoms with van der Waals surface area (Å²) in [6.45, 7) is 0. The van der Waals surface area contributed by atoms with Gasteiger partial charge < -0.3 is 4.90 Å². The molecule has 0 unspecified atom stereocenters. The highest BCUT2D eigenvalue weighted by Gasteiger charge is 2.07. The van der Waals surface area contributed by atoms with Gasteiger partial charge in [0.1, 0.15) is 0 Å². The molecule has 0 N–H and O–H groups in total. The van der Waals surface area contributed by atoms with E-state index in [1.807, 2.05) is 18.2 Å². The molecule has 0 fully saturated rings. The quantitative estimate of drug-likeness (QED) is 0.722. The van der Waals surface area contributed by atoms with E-state index < -0.39 is 0 Å². The molecule has 0 radical (unpaired) electrons. The van der Waals surface area contributed by atoms with E-state index in [9.17, 15) is 4.79 Å². The Kier molecular flexibility index (Phi) is 4.47. The van der Waals surface area contributed by atoms with Crippen molar-refractivity contribution in [2.45, 2.75) is 4.90 Å². The van der Waals surface area contributed by atoms with E-state index in [4.69, 9.17) is 0 Å². The van der Waals surface area contributed by atoms with Gasteiger partial charge in [0.15, 0.2) is 0 Å². The third-order valence-electron chi connectivity index (χ3n) is 1.46. The third kappa shape index (κ3) is 3.29. The van der Waals surface area contributed by atoms with Crippen LogP contribution < -0.4 is 0 Å². The van der Waals surface area contributed by atoms with Crippen molar-refractivity contribution in [2.24, 2.45) is 0 Å². The van der Waals surface area contributed by atoms with Gasteiger partial charge in [-0.15, -0.1) is 0 Å². The van der Waals surface area contributed by atoms with Crippen LogP contribution in [0, 0.1) is 0 Å². The van der Waals surface area contributed by atoms with Crippen LogP contribution in [0.5, 0.6) is 0 Å². The molecule has 0 heterocycles. The van der Waals surface area contributed by atoms with Crippen LogP contribution in [-0.2, 0) is 0 Å². The molecule has 1 rings (SSSR count). The second-order valence-electron chi connectivity index (χ2n) is 2.84. The van der Waals surface area contributed by atoms with Gasteiger partial charge in [0.25, 0.3) is 5.24 Å². The second kappa shape index (κ2) is 5.19. The zero-order valence-electron chi connectivity index (χ0n) is 7.75. The number of amides is 1. The van der Waals surface area contributed by atoms with E-state index >= 15 is 0 Å². The van der Waals surface area contributed by atoms with Crippen molar-refractivity contribution in [1.82, 2.24) is 4.90 Å². The maximum Gasteiger partial charge on any atom is 0.285 e. The van der Waals surface area contributed by atoms with Gasteiger partial charge in [-0.3, -0.25) is 4.79 Å². The zero-order chi connectivity index (χ0) is 10.7. The fourth-order valence-corrected chi connectivity index (χ4v) is 2.21. The molecule has 1 amide bonds. The second-order valence-corrected chi connectivity index (χ2v) is 5.57. The van der Waals surface area contributed by atoms with Gasteiger partial charge in [0.2, 0.25) is 0 Å². The highest BCUT2D eigenvalue weighted by atomic mass is 79.9. The van der Waals surface area contributed by atoms with Crippen LogP contribution in [-0.4, -0.2) is 24.2 Å². The highest BCUT2D eigenvalue weighted by molar-refractivity contribution is 9.13. The van der Waals surface area contributed by atoms with E-state index in [-0.39, 0.29) is 5.24 Å². The number of thioether (sulfide) groups is 1. The van der Waals surface area contributed by atoms with Crippen LogP contribution >= 0.6 is 43.6 Å². The molecule has 0 aromatic heterocycles. The molecule has 76 valence electrons. The number of rotatable bonds is 1. The Bertz CT molecular complexity index is 355. The van der Waals surface area contributed by atoms with Crippen LogP contribution in [0.25, 0.3) is 0 Å². The van der Waals surface area contributed by atoms with Crippen molar-refractivity contribution in [3.8, 4) is 0 Å². The van der Waals surface area contributed by atoms with Crippen molar-refractivity contribution in [3.63, 3.8) is 0 Å². The monoisotopic (exact) mass is 337 g/mol. The first-order valence-corrected chi connectivity index (χ1v) is 6.25. The Morgan fingerprint density at radius 3 is 2.43 bits per heavy atom. The predicted molar refractivity (Wildman–Crippen MR) is 66.8 cm³/mol. The van der Waals surface area contributed by atoms with Gasteiger partial charge in [-0.25, -0.2) is 0 Å². The molecular formula is C9H9Br2NOS. The smallest absolute Gasteiger partial charge is 0.285 e. The van der Waals surface area contributed by atoms with Crippen LogP contribution in [0.2, 0.25) is 0 Å². The highest BCUT2D eigenvalue weighted by Crippen LogP contribution is 2.29. The summed E-state index contributed by atoms with van der Waals surface area (Å²) in [6.07, 6.45) is 0. The molecule has 0 bridgehead atoms. The summed E-state index contributed by atoms with van der Waals surface area (Å²) < 4.78 is 1.94. The average molecular weight is 339 g/mol. The molecule has 0 aliphatic rings. The largest absolute Gasteiger partial charge is 0.339 e. The van der Waals surface area contributed by atoms with Crippen molar-refractivity contribution >= 4 is 48.9 Å². The minimum atomic E-state index is 0.0271. The summed E-state index contributed by atoms with van der Waals surface area (Å²) >= 11 is 7.97. The predicted octanol–water partition coefficient (Wildman–Crippen LogP) is 3.99. The Hall–Kier alpha value is -0.000000000000000111. The summed E-state index contributed by atoms with van der Waals surface area (Å²) in [4.78, 5) is 13.9. The zero-order valence-corrected chi connectivity index (χ0v) is 11.7. The summed E-state index contributed by atoms with van der Waals surface area (Å²) in [5.74, 6) is 0. The average Bonchev–Trinajstić information content (AvgIpc) is 2.11. The number of hydrogen-bond acceptors (Lipinski definition) is 2. The lowest BCUT2D eigenvalue weighted by atomic mass is 10.4. The number of carbonyl (C=O) groups is 1. The molecule has 0 spiro atoms. The molecule has 14 heavy (non-hydrogen) atoms. The molecule has 1 aromatic carbocycles. The Morgan fingerprint density at radius 1 is 1.29 bits per heavy atom. The maximum atomic E-state index is 11.4. The van der Waals surface area contributed by atoms with Gasteiger partial charge in [-0.2, -0.15) is 0 Å². The molecule has 0 aliphatic carbocycles. The van der Waals surface area contributed by atoms with Gasteiger partial charge in [-0.1, -0.05) is 0 Å². The number of nitrogens with zero attached hydrogens (tertiary/aromatic N) is 1. The van der Waals surface area contributed by atoms with Crippen molar-refractivity contribution in [3.05, 3.63) is 27.1 Å². The number of benzene rings is 1. The first-order valence-electron chi connectivity index (χ1n) is 3.85. The molecule has 0 saturated carbocycles. The van der Waals surface area contributed by atoms with Crippen LogP contribution in [0.1, 0.15) is 0 Å². The fraction of sp³-hybridized carbons (Fsp3) is 0.222. The summed E-state index contributed by atoms with van der Waals surface area (Å²) in [7, 11) is 3.48. The lowest BCUT2D eigenvalue weighted by Gasteiger charge is -2.09. The summed E-state index contributed by atoms with van der Waals surface area (Å²) in [5, 5.41) is 0.0271. The van der Waals surface area contributed by atoms with E-state index in [0.717, 1.165) is 13.8 Å². The Morgan fingerprint density at radius 2 is 1.93 bits per heavy atom. The standard InChI is InChI=1S/C9H9Br2NOS/c1-12(2)9(13)14-6-3-4-7(10)8(11)5-6/h3-5H,1-2H3. The molecule has 1 aromatic rings.